The largest absolute Gasteiger partial charge is 0.326 e. The highest BCUT2D eigenvalue weighted by Gasteiger charge is 2.39. The molecule has 14 heavy (non-hydrogen) atoms. The van der Waals surface area contributed by atoms with E-state index in [1.165, 1.54) is 0 Å². The summed E-state index contributed by atoms with van der Waals surface area (Å²) >= 11 is 0. The molecule has 86 valence electrons. The van der Waals surface area contributed by atoms with Crippen molar-refractivity contribution in [3.8, 4) is 0 Å². The summed E-state index contributed by atoms with van der Waals surface area (Å²) in [6, 6.07) is 0. The lowest BCUT2D eigenvalue weighted by molar-refractivity contribution is -0.125. The maximum absolute atomic E-state index is 12.3. The number of rotatable bonds is 6. The molecule has 3 N–H and O–H groups in total. The molecule has 0 saturated heterocycles. The van der Waals surface area contributed by atoms with Crippen LogP contribution in [0, 0.1) is 0 Å². The lowest BCUT2D eigenvalue weighted by Gasteiger charge is -2.20. The van der Waals surface area contributed by atoms with Gasteiger partial charge in [-0.15, -0.1) is 0 Å². The van der Waals surface area contributed by atoms with E-state index in [0.29, 0.717) is 6.42 Å². The van der Waals surface area contributed by atoms with Crippen LogP contribution in [0.25, 0.3) is 0 Å². The van der Waals surface area contributed by atoms with E-state index in [4.69, 9.17) is 5.73 Å². The van der Waals surface area contributed by atoms with Gasteiger partial charge in [-0.05, 0) is 26.8 Å². The molecule has 0 rings (SSSR count). The smallest absolute Gasteiger partial charge is 0.319 e. The summed E-state index contributed by atoms with van der Waals surface area (Å²) in [6.45, 7) is 2.66. The minimum atomic E-state index is -3.96. The van der Waals surface area contributed by atoms with Gasteiger partial charge in [-0.25, -0.2) is 8.78 Å². The Morgan fingerprint density at radius 1 is 1.29 bits per heavy atom. The molecular formula is C8H16F4N2. The molecule has 0 heterocycles. The second-order valence-corrected chi connectivity index (χ2v) is 3.98. The standard InChI is InChI=1S/C8H16F4N2/c1-7(2,13)3-4-14-5-8(11,12)6(9)10/h6,14H,3-5,13H2,1-2H3. The van der Waals surface area contributed by atoms with Crippen molar-refractivity contribution in [2.75, 3.05) is 13.1 Å². The van der Waals surface area contributed by atoms with Crippen molar-refractivity contribution in [3.63, 3.8) is 0 Å². The third-order valence-corrected chi connectivity index (χ3v) is 1.63. The van der Waals surface area contributed by atoms with Crippen LogP contribution in [0.2, 0.25) is 0 Å². The monoisotopic (exact) mass is 216 g/mol. The highest BCUT2D eigenvalue weighted by Crippen LogP contribution is 2.21. The minimum absolute atomic E-state index is 0.200. The molecule has 0 aromatic carbocycles. The summed E-state index contributed by atoms with van der Waals surface area (Å²) in [4.78, 5) is 0. The molecule has 2 nitrogen and oxygen atoms in total. The van der Waals surface area contributed by atoms with Crippen molar-refractivity contribution < 1.29 is 17.6 Å². The summed E-state index contributed by atoms with van der Waals surface area (Å²) < 4.78 is 48.0. The maximum atomic E-state index is 12.3. The van der Waals surface area contributed by atoms with Crippen LogP contribution >= 0.6 is 0 Å². The van der Waals surface area contributed by atoms with Crippen LogP contribution in [0.1, 0.15) is 20.3 Å². The third-order valence-electron chi connectivity index (χ3n) is 1.63. The number of hydrogen-bond acceptors (Lipinski definition) is 2. The van der Waals surface area contributed by atoms with E-state index in [0.717, 1.165) is 0 Å². The van der Waals surface area contributed by atoms with E-state index >= 15 is 0 Å². The SMILES string of the molecule is CC(C)(N)CCNCC(F)(F)C(F)F. The van der Waals surface area contributed by atoms with Gasteiger partial charge in [0.05, 0.1) is 6.54 Å². The highest BCUT2D eigenvalue weighted by atomic mass is 19.3. The minimum Gasteiger partial charge on any atom is -0.326 e. The molecular weight excluding hydrogens is 200 g/mol. The normalized spacial score (nSPS) is 13.7. The van der Waals surface area contributed by atoms with Crippen molar-refractivity contribution in [1.29, 1.82) is 0 Å². The molecule has 0 saturated carbocycles. The van der Waals surface area contributed by atoms with Crippen LogP contribution < -0.4 is 11.1 Å². The Hall–Kier alpha value is -0.360. The Morgan fingerprint density at radius 2 is 1.79 bits per heavy atom. The first-order valence-corrected chi connectivity index (χ1v) is 4.31. The van der Waals surface area contributed by atoms with E-state index in [-0.39, 0.29) is 6.54 Å². The van der Waals surface area contributed by atoms with E-state index in [1.54, 1.807) is 13.8 Å². The van der Waals surface area contributed by atoms with Crippen LogP contribution in [0.15, 0.2) is 0 Å². The molecule has 0 amide bonds. The average molecular weight is 216 g/mol. The molecule has 0 aromatic rings. The quantitative estimate of drug-likeness (QED) is 0.523. The molecule has 0 aliphatic heterocycles. The average Bonchev–Trinajstić information content (AvgIpc) is 1.96. The van der Waals surface area contributed by atoms with Crippen molar-refractivity contribution in [1.82, 2.24) is 5.32 Å². The van der Waals surface area contributed by atoms with E-state index < -0.39 is 24.4 Å². The fraction of sp³-hybridized carbons (Fsp3) is 1.00. The first kappa shape index (κ1) is 13.6. The molecule has 0 aromatic heterocycles. The predicted octanol–water partition coefficient (Wildman–Crippen LogP) is 1.60. The van der Waals surface area contributed by atoms with Crippen LogP contribution in [0.3, 0.4) is 0 Å². The van der Waals surface area contributed by atoms with Gasteiger partial charge < -0.3 is 11.1 Å². The summed E-state index contributed by atoms with van der Waals surface area (Å²) in [7, 11) is 0. The molecule has 0 aliphatic carbocycles. The lowest BCUT2D eigenvalue weighted by atomic mass is 10.0. The molecule has 0 unspecified atom stereocenters. The molecule has 6 heteroatoms. The molecule has 0 fully saturated rings. The lowest BCUT2D eigenvalue weighted by Crippen LogP contribution is -2.42. The van der Waals surface area contributed by atoms with Gasteiger partial charge in [0.2, 0.25) is 0 Å². The molecule has 0 bridgehead atoms. The van der Waals surface area contributed by atoms with E-state index in [9.17, 15) is 17.6 Å². The fourth-order valence-electron chi connectivity index (χ4n) is 0.743. The summed E-state index contributed by atoms with van der Waals surface area (Å²) in [5.41, 5.74) is 5.09. The summed E-state index contributed by atoms with van der Waals surface area (Å²) in [5, 5.41) is 2.25. The van der Waals surface area contributed by atoms with Gasteiger partial charge in [-0.1, -0.05) is 0 Å². The van der Waals surface area contributed by atoms with Crippen LogP contribution in [0.4, 0.5) is 17.6 Å². The van der Waals surface area contributed by atoms with Gasteiger partial charge in [0, 0.05) is 5.54 Å². The van der Waals surface area contributed by atoms with Crippen LogP contribution in [-0.2, 0) is 0 Å². The Balaban J connectivity index is 3.65. The summed E-state index contributed by atoms with van der Waals surface area (Å²) in [5.74, 6) is -3.96. The van der Waals surface area contributed by atoms with Gasteiger partial charge in [0.15, 0.2) is 0 Å². The second kappa shape index (κ2) is 4.93. The van der Waals surface area contributed by atoms with Gasteiger partial charge in [0.1, 0.15) is 0 Å². The highest BCUT2D eigenvalue weighted by molar-refractivity contribution is 4.76. The Labute approximate surface area is 80.8 Å². The van der Waals surface area contributed by atoms with E-state index in [2.05, 4.69) is 5.32 Å². The zero-order valence-corrected chi connectivity index (χ0v) is 8.29. The zero-order valence-electron chi connectivity index (χ0n) is 8.29. The van der Waals surface area contributed by atoms with E-state index in [1.807, 2.05) is 0 Å². The molecule has 0 spiro atoms. The maximum Gasteiger partial charge on any atom is 0.319 e. The molecule has 0 radical (unpaired) electrons. The van der Waals surface area contributed by atoms with Crippen molar-refractivity contribution in [2.24, 2.45) is 5.73 Å². The van der Waals surface area contributed by atoms with Gasteiger partial charge >= 0.3 is 12.3 Å². The topological polar surface area (TPSA) is 38.0 Å². The Kier molecular flexibility index (Phi) is 4.80. The first-order valence-electron chi connectivity index (χ1n) is 4.31. The number of nitrogens with two attached hydrogens (primary N) is 1. The van der Waals surface area contributed by atoms with Crippen molar-refractivity contribution in [2.45, 2.75) is 38.2 Å². The van der Waals surface area contributed by atoms with Crippen LogP contribution in [0.5, 0.6) is 0 Å². The number of nitrogens with one attached hydrogen (secondary N) is 1. The summed E-state index contributed by atoms with van der Waals surface area (Å²) in [6.07, 6.45) is -3.17. The zero-order chi connectivity index (χ0) is 11.4. The van der Waals surface area contributed by atoms with Gasteiger partial charge in [-0.3, -0.25) is 0 Å². The fourth-order valence-corrected chi connectivity index (χ4v) is 0.743. The number of halogens is 4. The van der Waals surface area contributed by atoms with Crippen LogP contribution in [-0.4, -0.2) is 31.0 Å². The molecule has 0 aliphatic rings. The van der Waals surface area contributed by atoms with Gasteiger partial charge in [0.25, 0.3) is 0 Å². The number of hydrogen-bond donors (Lipinski definition) is 2. The first-order chi connectivity index (χ1) is 6.15. The van der Waals surface area contributed by atoms with Crippen molar-refractivity contribution >= 4 is 0 Å². The number of alkyl halides is 4. The third kappa shape index (κ3) is 6.15. The second-order valence-electron chi connectivity index (χ2n) is 3.98. The Morgan fingerprint density at radius 3 is 2.14 bits per heavy atom. The predicted molar refractivity (Wildman–Crippen MR) is 46.7 cm³/mol. The molecule has 0 atom stereocenters. The Bertz CT molecular complexity index is 165. The van der Waals surface area contributed by atoms with Gasteiger partial charge in [-0.2, -0.15) is 8.78 Å². The van der Waals surface area contributed by atoms with Crippen molar-refractivity contribution in [3.05, 3.63) is 0 Å².